The van der Waals surface area contributed by atoms with E-state index in [9.17, 15) is 9.59 Å². The van der Waals surface area contributed by atoms with Gasteiger partial charge in [-0.15, -0.1) is 10.2 Å². The number of para-hydroxylation sites is 1. The summed E-state index contributed by atoms with van der Waals surface area (Å²) in [6, 6.07) is 10.2. The molecule has 3 rings (SSSR count). The number of hydrogen-bond acceptors (Lipinski definition) is 6. The molecule has 0 spiro atoms. The molecule has 2 heterocycles. The second-order valence-corrected chi connectivity index (χ2v) is 7.17. The minimum Gasteiger partial charge on any atom is -0.368 e. The summed E-state index contributed by atoms with van der Waals surface area (Å²) in [6.45, 7) is 4.98. The molecule has 1 aliphatic rings. The zero-order valence-corrected chi connectivity index (χ0v) is 15.7. The van der Waals surface area contributed by atoms with Crippen molar-refractivity contribution in [2.75, 3.05) is 36.4 Å². The molecule has 0 bridgehead atoms. The van der Waals surface area contributed by atoms with E-state index in [-0.39, 0.29) is 24.7 Å². The highest BCUT2D eigenvalue weighted by Gasteiger charge is 2.21. The van der Waals surface area contributed by atoms with Crippen molar-refractivity contribution >= 4 is 34.0 Å². The third kappa shape index (κ3) is 4.78. The number of piperazine rings is 1. The molecule has 1 aliphatic heterocycles. The van der Waals surface area contributed by atoms with Gasteiger partial charge in [0, 0.05) is 44.7 Å². The number of nitrogens with zero attached hydrogens (tertiary/aromatic N) is 4. The molecular formula is C18H23N5O2S. The minimum absolute atomic E-state index is 0.0272. The van der Waals surface area contributed by atoms with E-state index in [2.05, 4.69) is 32.5 Å². The Balaban J connectivity index is 1.40. The molecule has 7 nitrogen and oxygen atoms in total. The standard InChI is InChI=1S/C18H23N5O2S/c1-2-16-20-21-18(26-16)19-15(24)8-9-17(25)23-12-10-22(11-13-23)14-6-4-3-5-7-14/h3-7H,2,8-13H2,1H3,(H,19,21,24). The monoisotopic (exact) mass is 373 g/mol. The van der Waals surface area contributed by atoms with Crippen molar-refractivity contribution in [1.82, 2.24) is 15.1 Å². The summed E-state index contributed by atoms with van der Waals surface area (Å²) < 4.78 is 0. The largest absolute Gasteiger partial charge is 0.368 e. The number of amides is 2. The van der Waals surface area contributed by atoms with Crippen molar-refractivity contribution < 1.29 is 9.59 Å². The molecule has 1 fully saturated rings. The van der Waals surface area contributed by atoms with Gasteiger partial charge in [-0.3, -0.25) is 9.59 Å². The van der Waals surface area contributed by atoms with Crippen LogP contribution in [0.25, 0.3) is 0 Å². The number of aromatic nitrogens is 2. The van der Waals surface area contributed by atoms with Gasteiger partial charge in [-0.1, -0.05) is 36.5 Å². The topological polar surface area (TPSA) is 78.4 Å². The maximum Gasteiger partial charge on any atom is 0.226 e. The predicted octanol–water partition coefficient (Wildman–Crippen LogP) is 2.17. The van der Waals surface area contributed by atoms with Crippen molar-refractivity contribution in [3.8, 4) is 0 Å². The van der Waals surface area contributed by atoms with Crippen LogP contribution in [0.2, 0.25) is 0 Å². The lowest BCUT2D eigenvalue weighted by molar-refractivity contribution is -0.133. The van der Waals surface area contributed by atoms with E-state index in [4.69, 9.17) is 0 Å². The van der Waals surface area contributed by atoms with Gasteiger partial charge in [-0.05, 0) is 18.6 Å². The Labute approximate surface area is 157 Å². The second kappa shape index (κ2) is 8.75. The van der Waals surface area contributed by atoms with Crippen LogP contribution in [0.5, 0.6) is 0 Å². The molecular weight excluding hydrogens is 350 g/mol. The minimum atomic E-state index is -0.194. The first-order valence-electron chi connectivity index (χ1n) is 8.85. The third-order valence-electron chi connectivity index (χ3n) is 4.34. The average molecular weight is 373 g/mol. The maximum absolute atomic E-state index is 12.4. The fraction of sp³-hybridized carbons (Fsp3) is 0.444. The van der Waals surface area contributed by atoms with Gasteiger partial charge in [-0.25, -0.2) is 0 Å². The van der Waals surface area contributed by atoms with Crippen LogP contribution < -0.4 is 10.2 Å². The van der Waals surface area contributed by atoms with E-state index in [1.165, 1.54) is 17.0 Å². The van der Waals surface area contributed by atoms with Gasteiger partial charge in [0.1, 0.15) is 5.01 Å². The number of anilines is 2. The molecule has 1 saturated heterocycles. The van der Waals surface area contributed by atoms with Gasteiger partial charge in [-0.2, -0.15) is 0 Å². The van der Waals surface area contributed by atoms with Crippen LogP contribution in [0.3, 0.4) is 0 Å². The van der Waals surface area contributed by atoms with Gasteiger partial charge in [0.2, 0.25) is 16.9 Å². The van der Waals surface area contributed by atoms with Crippen LogP contribution >= 0.6 is 11.3 Å². The third-order valence-corrected chi connectivity index (χ3v) is 5.32. The van der Waals surface area contributed by atoms with Crippen LogP contribution in [0.1, 0.15) is 24.8 Å². The lowest BCUT2D eigenvalue weighted by Gasteiger charge is -2.36. The molecule has 0 aliphatic carbocycles. The normalized spacial score (nSPS) is 14.3. The zero-order valence-electron chi connectivity index (χ0n) is 14.9. The molecule has 1 aromatic carbocycles. The Morgan fingerprint density at radius 1 is 1.08 bits per heavy atom. The molecule has 0 saturated carbocycles. The van der Waals surface area contributed by atoms with Gasteiger partial charge in [0.15, 0.2) is 0 Å². The molecule has 8 heteroatoms. The molecule has 0 atom stereocenters. The van der Waals surface area contributed by atoms with E-state index in [0.717, 1.165) is 24.5 Å². The van der Waals surface area contributed by atoms with Crippen molar-refractivity contribution in [2.45, 2.75) is 26.2 Å². The highest BCUT2D eigenvalue weighted by Crippen LogP contribution is 2.17. The van der Waals surface area contributed by atoms with E-state index in [1.54, 1.807) is 0 Å². The van der Waals surface area contributed by atoms with Gasteiger partial charge in [0.25, 0.3) is 0 Å². The summed E-state index contributed by atoms with van der Waals surface area (Å²) >= 11 is 1.37. The summed E-state index contributed by atoms with van der Waals surface area (Å²) in [5.41, 5.74) is 1.18. The summed E-state index contributed by atoms with van der Waals surface area (Å²) in [4.78, 5) is 28.4. The van der Waals surface area contributed by atoms with Gasteiger partial charge >= 0.3 is 0 Å². The first kappa shape index (κ1) is 18.3. The number of carbonyl (C=O) groups is 2. The molecule has 0 unspecified atom stereocenters. The number of benzene rings is 1. The Morgan fingerprint density at radius 3 is 2.46 bits per heavy atom. The Morgan fingerprint density at radius 2 is 1.81 bits per heavy atom. The summed E-state index contributed by atoms with van der Waals surface area (Å²) in [5, 5.41) is 12.0. The maximum atomic E-state index is 12.4. The highest BCUT2D eigenvalue weighted by molar-refractivity contribution is 7.15. The number of nitrogens with one attached hydrogen (secondary N) is 1. The Kier molecular flexibility index (Phi) is 6.17. The zero-order chi connectivity index (χ0) is 18.4. The highest BCUT2D eigenvalue weighted by atomic mass is 32.1. The van der Waals surface area contributed by atoms with Crippen molar-refractivity contribution in [1.29, 1.82) is 0 Å². The fourth-order valence-corrected chi connectivity index (χ4v) is 3.56. The number of rotatable bonds is 6. The average Bonchev–Trinajstić information content (AvgIpc) is 3.14. The second-order valence-electron chi connectivity index (χ2n) is 6.11. The SMILES string of the molecule is CCc1nnc(NC(=O)CCC(=O)N2CCN(c3ccccc3)CC2)s1. The van der Waals surface area contributed by atoms with Gasteiger partial charge < -0.3 is 15.1 Å². The number of aryl methyl sites for hydroxylation is 1. The summed E-state index contributed by atoms with van der Waals surface area (Å²) in [7, 11) is 0. The van der Waals surface area contributed by atoms with Crippen molar-refractivity contribution in [3.63, 3.8) is 0 Å². The van der Waals surface area contributed by atoms with Crippen molar-refractivity contribution in [2.24, 2.45) is 0 Å². The van der Waals surface area contributed by atoms with E-state index >= 15 is 0 Å². The molecule has 1 N–H and O–H groups in total. The number of hydrogen-bond donors (Lipinski definition) is 1. The first-order valence-corrected chi connectivity index (χ1v) is 9.67. The molecule has 1 aromatic heterocycles. The summed E-state index contributed by atoms with van der Waals surface area (Å²) in [6.07, 6.45) is 1.18. The smallest absolute Gasteiger partial charge is 0.226 e. The molecule has 0 radical (unpaired) electrons. The Hall–Kier alpha value is -2.48. The quantitative estimate of drug-likeness (QED) is 0.840. The van der Waals surface area contributed by atoms with E-state index < -0.39 is 0 Å². The summed E-state index contributed by atoms with van der Waals surface area (Å²) in [5.74, 6) is -0.167. The van der Waals surface area contributed by atoms with Crippen LogP contribution in [0.4, 0.5) is 10.8 Å². The number of carbonyl (C=O) groups excluding carboxylic acids is 2. The lowest BCUT2D eigenvalue weighted by atomic mass is 10.2. The lowest BCUT2D eigenvalue weighted by Crippen LogP contribution is -2.48. The molecule has 2 aromatic rings. The molecule has 26 heavy (non-hydrogen) atoms. The fourth-order valence-electron chi connectivity index (χ4n) is 2.86. The Bertz CT molecular complexity index is 741. The van der Waals surface area contributed by atoms with E-state index in [1.807, 2.05) is 30.0 Å². The van der Waals surface area contributed by atoms with Crippen molar-refractivity contribution in [3.05, 3.63) is 35.3 Å². The van der Waals surface area contributed by atoms with E-state index in [0.29, 0.717) is 18.2 Å². The predicted molar refractivity (Wildman–Crippen MR) is 102 cm³/mol. The molecule has 138 valence electrons. The van der Waals surface area contributed by atoms with Crippen LogP contribution in [-0.2, 0) is 16.0 Å². The van der Waals surface area contributed by atoms with Crippen LogP contribution in [0, 0.1) is 0 Å². The first-order chi connectivity index (χ1) is 12.7. The van der Waals surface area contributed by atoms with Crippen LogP contribution in [0.15, 0.2) is 30.3 Å². The van der Waals surface area contributed by atoms with Crippen LogP contribution in [-0.4, -0.2) is 53.1 Å². The van der Waals surface area contributed by atoms with Gasteiger partial charge in [0.05, 0.1) is 0 Å². The molecule has 2 amide bonds.